The fourth-order valence-corrected chi connectivity index (χ4v) is 2.84. The second kappa shape index (κ2) is 8.92. The van der Waals surface area contributed by atoms with Crippen LogP contribution in [0.5, 0.6) is 0 Å². The van der Waals surface area contributed by atoms with Gasteiger partial charge in [0.2, 0.25) is 5.91 Å². The molecule has 0 spiro atoms. The van der Waals surface area contributed by atoms with Gasteiger partial charge in [0.05, 0.1) is 18.6 Å². The molecule has 3 N–H and O–H groups in total. The first-order valence-electron chi connectivity index (χ1n) is 7.56. The molecular weight excluding hydrogens is 375 g/mol. The third-order valence-electron chi connectivity index (χ3n) is 3.68. The maximum atomic E-state index is 13.6. The zero-order chi connectivity index (χ0) is 17.5. The Morgan fingerprint density at radius 1 is 1.25 bits per heavy atom. The Hall–Kier alpha value is -1.76. The molecule has 0 heterocycles. The second-order valence-electron chi connectivity index (χ2n) is 5.41. The van der Waals surface area contributed by atoms with E-state index in [1.165, 1.54) is 19.2 Å². The summed E-state index contributed by atoms with van der Waals surface area (Å²) in [5.41, 5.74) is 7.09. The number of nitrogens with two attached hydrogens (primary N) is 1. The van der Waals surface area contributed by atoms with E-state index in [2.05, 4.69) is 21.2 Å². The van der Waals surface area contributed by atoms with Crippen LogP contribution in [0.25, 0.3) is 0 Å². The number of benzene rings is 2. The molecule has 0 aliphatic carbocycles. The van der Waals surface area contributed by atoms with Gasteiger partial charge in [-0.2, -0.15) is 0 Å². The maximum absolute atomic E-state index is 13.6. The molecule has 128 valence electrons. The van der Waals surface area contributed by atoms with Crippen molar-refractivity contribution in [3.05, 3.63) is 69.9 Å². The number of ether oxygens (including phenoxy) is 1. The van der Waals surface area contributed by atoms with Gasteiger partial charge in [-0.25, -0.2) is 4.39 Å². The molecule has 2 unspecified atom stereocenters. The molecule has 0 aliphatic rings. The summed E-state index contributed by atoms with van der Waals surface area (Å²) in [5, 5.41) is 2.94. The molecule has 0 saturated heterocycles. The molecule has 0 saturated carbocycles. The van der Waals surface area contributed by atoms with E-state index >= 15 is 0 Å². The van der Waals surface area contributed by atoms with Crippen molar-refractivity contribution >= 4 is 21.8 Å². The van der Waals surface area contributed by atoms with Gasteiger partial charge < -0.3 is 15.8 Å². The number of carbonyl (C=O) groups is 1. The lowest BCUT2D eigenvalue weighted by Crippen LogP contribution is -2.34. The quantitative estimate of drug-likeness (QED) is 0.757. The summed E-state index contributed by atoms with van der Waals surface area (Å²) in [7, 11) is 1.52. The minimum absolute atomic E-state index is 0.146. The van der Waals surface area contributed by atoms with Gasteiger partial charge in [0.15, 0.2) is 0 Å². The minimum atomic E-state index is -0.457. The van der Waals surface area contributed by atoms with Crippen LogP contribution in [0.2, 0.25) is 0 Å². The summed E-state index contributed by atoms with van der Waals surface area (Å²) in [5.74, 6) is -0.556. The highest BCUT2D eigenvalue weighted by molar-refractivity contribution is 9.10. The van der Waals surface area contributed by atoms with Crippen molar-refractivity contribution in [2.45, 2.75) is 18.6 Å². The predicted octanol–water partition coefficient (Wildman–Crippen LogP) is 3.16. The first-order chi connectivity index (χ1) is 11.5. The Labute approximate surface area is 149 Å². The van der Waals surface area contributed by atoms with Crippen LogP contribution in [0.4, 0.5) is 4.39 Å². The normalized spacial score (nSPS) is 13.3. The van der Waals surface area contributed by atoms with Crippen molar-refractivity contribution in [3.63, 3.8) is 0 Å². The van der Waals surface area contributed by atoms with Gasteiger partial charge in [0.1, 0.15) is 5.82 Å². The lowest BCUT2D eigenvalue weighted by atomic mass is 9.98. The summed E-state index contributed by atoms with van der Waals surface area (Å²) < 4.78 is 19.7. The summed E-state index contributed by atoms with van der Waals surface area (Å²) >= 11 is 3.42. The van der Waals surface area contributed by atoms with Gasteiger partial charge in [-0.05, 0) is 35.4 Å². The Bertz CT molecular complexity index is 647. The van der Waals surface area contributed by atoms with Gasteiger partial charge in [-0.3, -0.25) is 4.79 Å². The van der Waals surface area contributed by atoms with E-state index in [9.17, 15) is 9.18 Å². The Balaban J connectivity index is 2.28. The number of carbonyl (C=O) groups excluding carboxylic acids is 1. The van der Waals surface area contributed by atoms with Crippen LogP contribution >= 0.6 is 15.9 Å². The second-order valence-corrected chi connectivity index (χ2v) is 6.32. The van der Waals surface area contributed by atoms with Crippen molar-refractivity contribution in [1.29, 1.82) is 0 Å². The van der Waals surface area contributed by atoms with Crippen LogP contribution in [0.15, 0.2) is 53.0 Å². The fourth-order valence-electron chi connectivity index (χ4n) is 2.42. The largest absolute Gasteiger partial charge is 0.380 e. The summed E-state index contributed by atoms with van der Waals surface area (Å²) in [6.45, 7) is 0.255. The molecule has 0 fully saturated rings. The topological polar surface area (TPSA) is 64.3 Å². The molecule has 0 bridgehead atoms. The number of rotatable bonds is 7. The number of hydrogen-bond donors (Lipinski definition) is 2. The molecule has 1 amide bonds. The highest BCUT2D eigenvalue weighted by Crippen LogP contribution is 2.25. The van der Waals surface area contributed by atoms with Gasteiger partial charge in [0, 0.05) is 18.1 Å². The number of amides is 1. The Kier molecular flexibility index (Phi) is 6.90. The minimum Gasteiger partial charge on any atom is -0.380 e. The van der Waals surface area contributed by atoms with E-state index in [1.807, 2.05) is 24.3 Å². The first kappa shape index (κ1) is 18.6. The van der Waals surface area contributed by atoms with Gasteiger partial charge in [0.25, 0.3) is 0 Å². The molecule has 2 aromatic carbocycles. The summed E-state index contributed by atoms with van der Waals surface area (Å²) in [6, 6.07) is 13.3. The van der Waals surface area contributed by atoms with Crippen molar-refractivity contribution in [3.8, 4) is 0 Å². The standard InChI is InChI=1S/C18H20BrFN2O2/c1-24-16(11-21)10-17(23)22-18(12-4-2-6-14(19)8-12)13-5-3-7-15(20)9-13/h2-9,16,18H,10-11,21H2,1H3,(H,22,23). The number of methoxy groups -OCH3 is 1. The highest BCUT2D eigenvalue weighted by atomic mass is 79.9. The fraction of sp³-hybridized carbons (Fsp3) is 0.278. The Morgan fingerprint density at radius 2 is 1.92 bits per heavy atom. The lowest BCUT2D eigenvalue weighted by Gasteiger charge is -2.21. The average Bonchev–Trinajstić information content (AvgIpc) is 2.57. The van der Waals surface area contributed by atoms with Crippen molar-refractivity contribution in [2.24, 2.45) is 5.73 Å². The monoisotopic (exact) mass is 394 g/mol. The third-order valence-corrected chi connectivity index (χ3v) is 4.17. The van der Waals surface area contributed by atoms with E-state index in [0.29, 0.717) is 5.56 Å². The average molecular weight is 395 g/mol. The van der Waals surface area contributed by atoms with Crippen molar-refractivity contribution in [2.75, 3.05) is 13.7 Å². The summed E-state index contributed by atoms with van der Waals surface area (Å²) in [6.07, 6.45) is -0.201. The van der Waals surface area contributed by atoms with Crippen LogP contribution < -0.4 is 11.1 Å². The molecule has 24 heavy (non-hydrogen) atoms. The van der Waals surface area contributed by atoms with Crippen LogP contribution in [0.3, 0.4) is 0 Å². The SMILES string of the molecule is COC(CN)CC(=O)NC(c1cccc(F)c1)c1cccc(Br)c1. The molecular formula is C18H20BrFN2O2. The third kappa shape index (κ3) is 5.12. The number of nitrogens with one attached hydrogen (secondary N) is 1. The molecule has 4 nitrogen and oxygen atoms in total. The van der Waals surface area contributed by atoms with E-state index in [-0.39, 0.29) is 30.8 Å². The van der Waals surface area contributed by atoms with E-state index < -0.39 is 6.04 Å². The van der Waals surface area contributed by atoms with Crippen LogP contribution in [-0.2, 0) is 9.53 Å². The Morgan fingerprint density at radius 3 is 2.50 bits per heavy atom. The van der Waals surface area contributed by atoms with Crippen molar-refractivity contribution in [1.82, 2.24) is 5.32 Å². The number of halogens is 2. The van der Waals surface area contributed by atoms with Gasteiger partial charge >= 0.3 is 0 Å². The van der Waals surface area contributed by atoms with Gasteiger partial charge in [-0.15, -0.1) is 0 Å². The van der Waals surface area contributed by atoms with Crippen LogP contribution in [0.1, 0.15) is 23.6 Å². The predicted molar refractivity (Wildman–Crippen MR) is 95.0 cm³/mol. The maximum Gasteiger partial charge on any atom is 0.223 e. The smallest absolute Gasteiger partial charge is 0.223 e. The van der Waals surface area contributed by atoms with E-state index in [0.717, 1.165) is 10.0 Å². The number of hydrogen-bond acceptors (Lipinski definition) is 3. The molecule has 6 heteroatoms. The lowest BCUT2D eigenvalue weighted by molar-refractivity contribution is -0.123. The van der Waals surface area contributed by atoms with E-state index in [4.69, 9.17) is 10.5 Å². The van der Waals surface area contributed by atoms with Crippen molar-refractivity contribution < 1.29 is 13.9 Å². The zero-order valence-electron chi connectivity index (χ0n) is 13.3. The van der Waals surface area contributed by atoms with Crippen LogP contribution in [0, 0.1) is 5.82 Å². The first-order valence-corrected chi connectivity index (χ1v) is 8.36. The van der Waals surface area contributed by atoms with Crippen LogP contribution in [-0.4, -0.2) is 25.7 Å². The molecule has 2 aromatic rings. The molecule has 0 aliphatic heterocycles. The zero-order valence-corrected chi connectivity index (χ0v) is 14.9. The van der Waals surface area contributed by atoms with E-state index in [1.54, 1.807) is 12.1 Å². The molecule has 0 aromatic heterocycles. The summed E-state index contributed by atoms with van der Waals surface area (Å²) in [4.78, 5) is 12.3. The molecule has 0 radical (unpaired) electrons. The highest BCUT2D eigenvalue weighted by Gasteiger charge is 2.20. The molecule has 2 atom stereocenters. The van der Waals surface area contributed by atoms with Gasteiger partial charge in [-0.1, -0.05) is 40.2 Å². The molecule has 2 rings (SSSR count).